The van der Waals surface area contributed by atoms with Gasteiger partial charge in [0.2, 0.25) is 5.75 Å². The molecular weight excluding hydrogens is 480 g/mol. The van der Waals surface area contributed by atoms with Gasteiger partial charge in [0.1, 0.15) is 5.76 Å². The first kappa shape index (κ1) is 26.3. The van der Waals surface area contributed by atoms with Crippen molar-refractivity contribution in [1.29, 1.82) is 0 Å². The summed E-state index contributed by atoms with van der Waals surface area (Å²) in [6, 6.07) is 5.94. The Kier molecular flexibility index (Phi) is 8.52. The number of carbonyl (C=O) groups is 2. The summed E-state index contributed by atoms with van der Waals surface area (Å²) in [5.41, 5.74) is 0.529. The fourth-order valence-electron chi connectivity index (χ4n) is 4.66. The van der Waals surface area contributed by atoms with Gasteiger partial charge in [-0.3, -0.25) is 14.5 Å². The maximum Gasteiger partial charge on any atom is 0.290 e. The summed E-state index contributed by atoms with van der Waals surface area (Å²) in [5, 5.41) is 10.9. The molecule has 1 unspecified atom stereocenters. The smallest absolute Gasteiger partial charge is 0.290 e. The fourth-order valence-corrected chi connectivity index (χ4v) is 4.66. The minimum atomic E-state index is -0.848. The molecule has 2 aliphatic rings. The number of morpholine rings is 1. The van der Waals surface area contributed by atoms with Crippen LogP contribution in [0.5, 0.6) is 17.2 Å². The van der Waals surface area contributed by atoms with Crippen molar-refractivity contribution in [3.8, 4) is 17.2 Å². The molecular formula is C27H32N2O8. The highest BCUT2D eigenvalue weighted by molar-refractivity contribution is 6.14. The Morgan fingerprint density at radius 2 is 1.81 bits per heavy atom. The van der Waals surface area contributed by atoms with Crippen molar-refractivity contribution in [2.45, 2.75) is 12.5 Å². The maximum absolute atomic E-state index is 13.3. The summed E-state index contributed by atoms with van der Waals surface area (Å²) >= 11 is 0. The van der Waals surface area contributed by atoms with Gasteiger partial charge in [0.05, 0.1) is 52.4 Å². The molecule has 0 saturated carbocycles. The first-order chi connectivity index (χ1) is 18.0. The zero-order valence-electron chi connectivity index (χ0n) is 21.3. The van der Waals surface area contributed by atoms with Crippen LogP contribution in [0.2, 0.25) is 0 Å². The quantitative estimate of drug-likeness (QED) is 0.454. The van der Waals surface area contributed by atoms with Crippen LogP contribution in [0, 0.1) is 0 Å². The van der Waals surface area contributed by atoms with Gasteiger partial charge in [-0.05, 0) is 48.4 Å². The summed E-state index contributed by atoms with van der Waals surface area (Å²) in [5.74, 6) is -0.0599. The minimum Gasteiger partial charge on any atom is -0.503 e. The lowest BCUT2D eigenvalue weighted by Gasteiger charge is -2.30. The van der Waals surface area contributed by atoms with Crippen LogP contribution in [0.4, 0.5) is 0 Å². The van der Waals surface area contributed by atoms with E-state index in [1.54, 1.807) is 24.3 Å². The molecule has 1 atom stereocenters. The van der Waals surface area contributed by atoms with Crippen molar-refractivity contribution in [3.05, 3.63) is 59.3 Å². The number of aliphatic hydroxyl groups excluding tert-OH is 1. The Morgan fingerprint density at radius 1 is 1.11 bits per heavy atom. The van der Waals surface area contributed by atoms with Gasteiger partial charge in [0.25, 0.3) is 5.91 Å². The number of hydrogen-bond donors (Lipinski definition) is 1. The van der Waals surface area contributed by atoms with Gasteiger partial charge in [-0.2, -0.15) is 0 Å². The molecule has 37 heavy (non-hydrogen) atoms. The molecule has 1 N–H and O–H groups in total. The lowest BCUT2D eigenvalue weighted by Crippen LogP contribution is -2.39. The summed E-state index contributed by atoms with van der Waals surface area (Å²) in [6.07, 6.45) is 4.94. The summed E-state index contributed by atoms with van der Waals surface area (Å²) in [6.45, 7) is 4.11. The van der Waals surface area contributed by atoms with Crippen LogP contribution in [0.15, 0.2) is 52.4 Å². The first-order valence-electron chi connectivity index (χ1n) is 12.1. The molecule has 1 fully saturated rings. The molecule has 1 amide bonds. The van der Waals surface area contributed by atoms with E-state index in [1.165, 1.54) is 44.6 Å². The molecule has 1 saturated heterocycles. The van der Waals surface area contributed by atoms with Crippen molar-refractivity contribution in [3.63, 3.8) is 0 Å². The summed E-state index contributed by atoms with van der Waals surface area (Å²) in [4.78, 5) is 30.4. The van der Waals surface area contributed by atoms with Crippen LogP contribution in [-0.4, -0.2) is 87.3 Å². The highest BCUT2D eigenvalue weighted by Crippen LogP contribution is 2.45. The summed E-state index contributed by atoms with van der Waals surface area (Å²) < 4.78 is 27.1. The summed E-state index contributed by atoms with van der Waals surface area (Å²) in [7, 11) is 4.48. The van der Waals surface area contributed by atoms with Crippen molar-refractivity contribution in [2.24, 2.45) is 0 Å². The lowest BCUT2D eigenvalue weighted by atomic mass is 9.95. The van der Waals surface area contributed by atoms with Gasteiger partial charge in [-0.25, -0.2) is 0 Å². The van der Waals surface area contributed by atoms with Crippen LogP contribution >= 0.6 is 0 Å². The zero-order chi connectivity index (χ0) is 26.4. The first-order valence-corrected chi connectivity index (χ1v) is 12.1. The predicted octanol–water partition coefficient (Wildman–Crippen LogP) is 3.01. The molecule has 2 aliphatic heterocycles. The molecule has 0 radical (unpaired) electrons. The van der Waals surface area contributed by atoms with Crippen LogP contribution in [0.3, 0.4) is 0 Å². The van der Waals surface area contributed by atoms with Gasteiger partial charge in [0, 0.05) is 26.2 Å². The van der Waals surface area contributed by atoms with Crippen molar-refractivity contribution >= 4 is 17.8 Å². The largest absolute Gasteiger partial charge is 0.503 e. The molecule has 198 valence electrons. The SMILES string of the molecule is COc1cc(C2C(C(=O)/C=C/c3ccco3)=C(O)C(=O)N2CCCN2CCOCC2)cc(OC)c1OC. The Bertz CT molecular complexity index is 1140. The topological polar surface area (TPSA) is 111 Å². The Morgan fingerprint density at radius 3 is 2.41 bits per heavy atom. The van der Waals surface area contributed by atoms with E-state index in [4.69, 9.17) is 23.4 Å². The number of rotatable bonds is 11. The second-order valence-corrected chi connectivity index (χ2v) is 8.64. The molecule has 0 bridgehead atoms. The van der Waals surface area contributed by atoms with E-state index in [1.807, 2.05) is 0 Å². The van der Waals surface area contributed by atoms with Crippen molar-refractivity contribution in [2.75, 3.05) is 60.7 Å². The molecule has 2 aromatic rings. The number of aliphatic hydroxyl groups is 1. The third-order valence-electron chi connectivity index (χ3n) is 6.49. The van der Waals surface area contributed by atoms with Crippen molar-refractivity contribution in [1.82, 2.24) is 9.80 Å². The number of methoxy groups -OCH3 is 3. The van der Waals surface area contributed by atoms with Gasteiger partial charge in [0.15, 0.2) is 23.0 Å². The Labute approximate surface area is 215 Å². The van der Waals surface area contributed by atoms with Gasteiger partial charge >= 0.3 is 0 Å². The molecule has 1 aromatic heterocycles. The van der Waals surface area contributed by atoms with E-state index in [9.17, 15) is 14.7 Å². The zero-order valence-corrected chi connectivity index (χ0v) is 21.3. The van der Waals surface area contributed by atoms with Gasteiger partial charge in [-0.15, -0.1) is 0 Å². The lowest BCUT2D eigenvalue weighted by molar-refractivity contribution is -0.129. The molecule has 0 aliphatic carbocycles. The second-order valence-electron chi connectivity index (χ2n) is 8.64. The molecule has 10 heteroatoms. The maximum atomic E-state index is 13.3. The highest BCUT2D eigenvalue weighted by Gasteiger charge is 2.43. The number of carbonyl (C=O) groups excluding carboxylic acids is 2. The van der Waals surface area contributed by atoms with E-state index in [0.717, 1.165) is 19.6 Å². The van der Waals surface area contributed by atoms with Crippen LogP contribution in [0.1, 0.15) is 23.8 Å². The van der Waals surface area contributed by atoms with E-state index in [0.29, 0.717) is 54.8 Å². The van der Waals surface area contributed by atoms with Gasteiger partial charge < -0.3 is 33.4 Å². The van der Waals surface area contributed by atoms with E-state index < -0.39 is 23.5 Å². The minimum absolute atomic E-state index is 0.0200. The average Bonchev–Trinajstić information content (AvgIpc) is 3.54. The molecule has 4 rings (SSSR count). The van der Waals surface area contributed by atoms with Crippen LogP contribution in [0.25, 0.3) is 6.08 Å². The van der Waals surface area contributed by atoms with Crippen molar-refractivity contribution < 1.29 is 38.1 Å². The highest BCUT2D eigenvalue weighted by atomic mass is 16.5. The number of nitrogens with zero attached hydrogens (tertiary/aromatic N) is 2. The fraction of sp³-hybridized carbons (Fsp3) is 0.407. The molecule has 0 spiro atoms. The number of amides is 1. The number of allylic oxidation sites excluding steroid dienone is 1. The van der Waals surface area contributed by atoms with Gasteiger partial charge in [-0.1, -0.05) is 0 Å². The monoisotopic (exact) mass is 512 g/mol. The van der Waals surface area contributed by atoms with Crippen LogP contribution in [-0.2, 0) is 14.3 Å². The Hall–Kier alpha value is -3.76. The number of hydrogen-bond acceptors (Lipinski definition) is 9. The Balaban J connectivity index is 1.68. The second kappa shape index (κ2) is 12.0. The third kappa shape index (κ3) is 5.65. The van der Waals surface area contributed by atoms with Crippen LogP contribution < -0.4 is 14.2 Å². The van der Waals surface area contributed by atoms with E-state index in [-0.39, 0.29) is 5.57 Å². The van der Waals surface area contributed by atoms with E-state index in [2.05, 4.69) is 4.90 Å². The normalized spacial score (nSPS) is 18.6. The number of benzene rings is 1. The molecule has 10 nitrogen and oxygen atoms in total. The standard InChI is InChI=1S/C27H32N2O8/c1-33-21-16-18(17-22(34-2)26(21)35-3)24-23(20(30)8-7-19-6-4-13-37-19)25(31)27(32)29(24)10-5-9-28-11-14-36-15-12-28/h4,6-8,13,16-17,24,31H,5,9-12,14-15H2,1-3H3/b8-7+. The number of ketones is 1. The molecule has 3 heterocycles. The average molecular weight is 513 g/mol. The third-order valence-corrected chi connectivity index (χ3v) is 6.49. The number of ether oxygens (including phenoxy) is 4. The number of furan rings is 1. The predicted molar refractivity (Wildman–Crippen MR) is 135 cm³/mol. The molecule has 1 aromatic carbocycles. The van der Waals surface area contributed by atoms with E-state index >= 15 is 0 Å².